The number of guanidine groups is 1. The second-order valence-electron chi connectivity index (χ2n) is 7.68. The van der Waals surface area contributed by atoms with Gasteiger partial charge in [-0.05, 0) is 50.8 Å². The van der Waals surface area contributed by atoms with E-state index in [9.17, 15) is 4.79 Å². The normalized spacial score (nSPS) is 15.0. The number of aromatic nitrogens is 2. The molecule has 0 spiro atoms. The van der Waals surface area contributed by atoms with Crippen molar-refractivity contribution in [2.45, 2.75) is 52.5 Å². The number of likely N-dealkylation sites (tertiary alicyclic amines) is 1. The fraction of sp³-hybridized carbons (Fsp3) is 0.565. The molecule has 0 radical (unpaired) electrons. The quantitative estimate of drug-likeness (QED) is 0.478. The predicted molar refractivity (Wildman–Crippen MR) is 124 cm³/mol. The third-order valence-corrected chi connectivity index (χ3v) is 5.36. The summed E-state index contributed by atoms with van der Waals surface area (Å²) in [6.07, 6.45) is 3.12. The van der Waals surface area contributed by atoms with Crippen molar-refractivity contribution >= 4 is 12.1 Å². The van der Waals surface area contributed by atoms with E-state index in [-0.39, 0.29) is 6.09 Å². The van der Waals surface area contributed by atoms with Crippen LogP contribution >= 0.6 is 0 Å². The van der Waals surface area contributed by atoms with Crippen LogP contribution < -0.4 is 10.6 Å². The highest BCUT2D eigenvalue weighted by Crippen LogP contribution is 2.18. The van der Waals surface area contributed by atoms with Crippen molar-refractivity contribution in [3.63, 3.8) is 0 Å². The smallest absolute Gasteiger partial charge is 0.409 e. The van der Waals surface area contributed by atoms with Gasteiger partial charge >= 0.3 is 6.09 Å². The molecule has 1 fully saturated rings. The number of rotatable bonds is 8. The number of hydrogen-bond donors (Lipinski definition) is 2. The van der Waals surface area contributed by atoms with Gasteiger partial charge in [-0.15, -0.1) is 0 Å². The van der Waals surface area contributed by atoms with Gasteiger partial charge in [-0.3, -0.25) is 4.99 Å². The third-order valence-electron chi connectivity index (χ3n) is 5.36. The molecule has 0 saturated carbocycles. The van der Waals surface area contributed by atoms with Gasteiger partial charge in [-0.2, -0.15) is 4.98 Å². The lowest BCUT2D eigenvalue weighted by Gasteiger charge is -2.32. The van der Waals surface area contributed by atoms with Gasteiger partial charge in [-0.25, -0.2) is 4.79 Å². The first kappa shape index (κ1) is 23.6. The van der Waals surface area contributed by atoms with E-state index in [1.165, 1.54) is 5.56 Å². The summed E-state index contributed by atoms with van der Waals surface area (Å²) in [5, 5.41) is 10.8. The maximum Gasteiger partial charge on any atom is 0.409 e. The fourth-order valence-corrected chi connectivity index (χ4v) is 3.56. The topological polar surface area (TPSA) is 105 Å². The molecule has 1 saturated heterocycles. The second kappa shape index (κ2) is 12.1. The van der Waals surface area contributed by atoms with Crippen LogP contribution in [0.15, 0.2) is 33.8 Å². The van der Waals surface area contributed by atoms with E-state index in [0.717, 1.165) is 43.8 Å². The van der Waals surface area contributed by atoms with Gasteiger partial charge in [0, 0.05) is 44.2 Å². The number of carbonyl (C=O) groups is 1. The standard InChI is InChI=1S/C23H34N6O3/c1-4-20-27-21(32-28-20)18-9-7-17(8-10-18)11-14-25-22(24-5-2)26-19-12-15-29(16-13-19)23(30)31-6-3/h7-10,19H,4-6,11-16H2,1-3H3,(H2,24,25,26). The Bertz CT molecular complexity index is 872. The van der Waals surface area contributed by atoms with Crippen molar-refractivity contribution in [3.8, 4) is 11.5 Å². The van der Waals surface area contributed by atoms with Crippen LogP contribution in [0.5, 0.6) is 0 Å². The molecule has 9 nitrogen and oxygen atoms in total. The minimum atomic E-state index is -0.220. The predicted octanol–water partition coefficient (Wildman–Crippen LogP) is 3.02. The number of hydrogen-bond acceptors (Lipinski definition) is 6. The number of carbonyl (C=O) groups excluding carboxylic acids is 1. The van der Waals surface area contributed by atoms with Crippen molar-refractivity contribution in [3.05, 3.63) is 35.7 Å². The van der Waals surface area contributed by atoms with Crippen LogP contribution in [-0.2, 0) is 17.6 Å². The molecule has 174 valence electrons. The van der Waals surface area contributed by atoms with Crippen LogP contribution in [0.4, 0.5) is 4.79 Å². The Hall–Kier alpha value is -3.10. The first-order chi connectivity index (χ1) is 15.6. The number of amides is 1. The molecule has 3 rings (SSSR count). The molecule has 0 aliphatic carbocycles. The molecule has 0 bridgehead atoms. The summed E-state index contributed by atoms with van der Waals surface area (Å²) < 4.78 is 10.4. The van der Waals surface area contributed by atoms with Gasteiger partial charge in [0.05, 0.1) is 6.61 Å². The van der Waals surface area contributed by atoms with E-state index in [4.69, 9.17) is 14.3 Å². The summed E-state index contributed by atoms with van der Waals surface area (Å²) in [4.78, 5) is 22.7. The highest BCUT2D eigenvalue weighted by atomic mass is 16.6. The largest absolute Gasteiger partial charge is 0.450 e. The minimum Gasteiger partial charge on any atom is -0.450 e. The lowest BCUT2D eigenvalue weighted by Crippen LogP contribution is -2.50. The van der Waals surface area contributed by atoms with Gasteiger partial charge < -0.3 is 24.8 Å². The molecule has 0 unspecified atom stereocenters. The molecule has 0 atom stereocenters. The fourth-order valence-electron chi connectivity index (χ4n) is 3.56. The van der Waals surface area contributed by atoms with Crippen LogP contribution in [0.3, 0.4) is 0 Å². The van der Waals surface area contributed by atoms with Crippen LogP contribution in [0.1, 0.15) is 45.0 Å². The first-order valence-electron chi connectivity index (χ1n) is 11.5. The Morgan fingerprint density at radius 2 is 1.97 bits per heavy atom. The average molecular weight is 443 g/mol. The monoisotopic (exact) mass is 442 g/mol. The van der Waals surface area contributed by atoms with Crippen molar-refractivity contribution in [2.24, 2.45) is 4.99 Å². The first-order valence-corrected chi connectivity index (χ1v) is 11.5. The van der Waals surface area contributed by atoms with Gasteiger partial charge in [0.25, 0.3) is 5.89 Å². The minimum absolute atomic E-state index is 0.220. The molecule has 2 N–H and O–H groups in total. The van der Waals surface area contributed by atoms with E-state index in [0.29, 0.717) is 44.0 Å². The second-order valence-corrected chi connectivity index (χ2v) is 7.68. The number of nitrogens with one attached hydrogen (secondary N) is 2. The van der Waals surface area contributed by atoms with E-state index >= 15 is 0 Å². The van der Waals surface area contributed by atoms with Crippen molar-refractivity contribution in [1.29, 1.82) is 0 Å². The number of nitrogens with zero attached hydrogens (tertiary/aromatic N) is 4. The van der Waals surface area contributed by atoms with E-state index < -0.39 is 0 Å². The summed E-state index contributed by atoms with van der Waals surface area (Å²) in [5.74, 6) is 2.09. The number of aryl methyl sites for hydroxylation is 1. The average Bonchev–Trinajstić information content (AvgIpc) is 3.30. The third kappa shape index (κ3) is 6.70. The zero-order valence-electron chi connectivity index (χ0n) is 19.3. The highest BCUT2D eigenvalue weighted by molar-refractivity contribution is 5.80. The summed E-state index contributed by atoms with van der Waals surface area (Å²) in [6, 6.07) is 8.46. The Morgan fingerprint density at radius 3 is 2.59 bits per heavy atom. The van der Waals surface area contributed by atoms with Gasteiger partial charge in [0.2, 0.25) is 0 Å². The van der Waals surface area contributed by atoms with Crippen molar-refractivity contribution in [2.75, 3.05) is 32.8 Å². The zero-order chi connectivity index (χ0) is 22.8. The Labute approximate surface area is 189 Å². The van der Waals surface area contributed by atoms with Crippen LogP contribution in [-0.4, -0.2) is 65.9 Å². The summed E-state index contributed by atoms with van der Waals surface area (Å²) >= 11 is 0. The molecule has 1 amide bonds. The van der Waals surface area contributed by atoms with Gasteiger partial charge in [0.15, 0.2) is 11.8 Å². The number of benzene rings is 1. The van der Waals surface area contributed by atoms with Crippen LogP contribution in [0.25, 0.3) is 11.5 Å². The van der Waals surface area contributed by atoms with E-state index in [1.807, 2.05) is 26.0 Å². The number of aliphatic imine (C=N–C) groups is 1. The van der Waals surface area contributed by atoms with Crippen LogP contribution in [0, 0.1) is 0 Å². The number of ether oxygens (including phenoxy) is 1. The Kier molecular flexibility index (Phi) is 8.89. The molecule has 1 aromatic heterocycles. The number of piperidine rings is 1. The molecule has 9 heteroatoms. The SMILES string of the molecule is CCNC(=NCCc1ccc(-c2nc(CC)no2)cc1)NC1CCN(C(=O)OCC)CC1. The highest BCUT2D eigenvalue weighted by Gasteiger charge is 2.24. The van der Waals surface area contributed by atoms with Gasteiger partial charge in [-0.1, -0.05) is 24.2 Å². The Balaban J connectivity index is 1.48. The molecule has 32 heavy (non-hydrogen) atoms. The maximum atomic E-state index is 11.9. The molecule has 1 aliphatic heterocycles. The van der Waals surface area contributed by atoms with E-state index in [2.05, 4.69) is 39.8 Å². The lowest BCUT2D eigenvalue weighted by atomic mass is 10.1. The molecule has 2 aromatic rings. The van der Waals surface area contributed by atoms with Gasteiger partial charge in [0.1, 0.15) is 0 Å². The molecular formula is C23H34N6O3. The Morgan fingerprint density at radius 1 is 1.22 bits per heavy atom. The lowest BCUT2D eigenvalue weighted by molar-refractivity contribution is 0.0963. The summed E-state index contributed by atoms with van der Waals surface area (Å²) in [6.45, 7) is 9.16. The molecule has 1 aromatic carbocycles. The van der Waals surface area contributed by atoms with Crippen LogP contribution in [0.2, 0.25) is 0 Å². The van der Waals surface area contributed by atoms with Crippen molar-refractivity contribution in [1.82, 2.24) is 25.7 Å². The summed E-state index contributed by atoms with van der Waals surface area (Å²) in [5.41, 5.74) is 2.12. The molecule has 2 heterocycles. The maximum absolute atomic E-state index is 11.9. The summed E-state index contributed by atoms with van der Waals surface area (Å²) in [7, 11) is 0. The molecule has 1 aliphatic rings. The zero-order valence-corrected chi connectivity index (χ0v) is 19.3. The molecular weight excluding hydrogens is 408 g/mol. The van der Waals surface area contributed by atoms with E-state index in [1.54, 1.807) is 4.90 Å². The van der Waals surface area contributed by atoms with Crippen molar-refractivity contribution < 1.29 is 14.1 Å².